The number of nitrogens with zero attached hydrogens (tertiary/aromatic N) is 5. The summed E-state index contributed by atoms with van der Waals surface area (Å²) in [6.45, 7) is 1.77. The van der Waals surface area contributed by atoms with Gasteiger partial charge >= 0.3 is 0 Å². The van der Waals surface area contributed by atoms with Crippen LogP contribution in [0.15, 0.2) is 33.9 Å². The average Bonchev–Trinajstić information content (AvgIpc) is 3.18. The Hall–Kier alpha value is -2.62. The predicted molar refractivity (Wildman–Crippen MR) is 101 cm³/mol. The zero-order valence-electron chi connectivity index (χ0n) is 15.8. The topological polar surface area (TPSA) is 91.5 Å². The summed E-state index contributed by atoms with van der Waals surface area (Å²) in [7, 11) is 1.70. The Labute approximate surface area is 162 Å². The molecule has 28 heavy (non-hydrogen) atoms. The fraction of sp³-hybridized carbons (Fsp3) is 0.556. The zero-order chi connectivity index (χ0) is 19.8. The summed E-state index contributed by atoms with van der Waals surface area (Å²) < 4.78 is 30.1. The van der Waals surface area contributed by atoms with Gasteiger partial charge in [0.1, 0.15) is 5.69 Å². The van der Waals surface area contributed by atoms with Gasteiger partial charge in [0, 0.05) is 45.3 Å². The summed E-state index contributed by atoms with van der Waals surface area (Å²) in [6, 6.07) is 5.72. The summed E-state index contributed by atoms with van der Waals surface area (Å²) in [5.41, 5.74) is 0.643. The molecule has 10 heteroatoms. The Bertz CT molecular complexity index is 745. The van der Waals surface area contributed by atoms with Crippen molar-refractivity contribution in [2.45, 2.75) is 31.7 Å². The van der Waals surface area contributed by atoms with Crippen LogP contribution in [0.25, 0.3) is 11.6 Å². The van der Waals surface area contributed by atoms with E-state index in [1.807, 2.05) is 18.2 Å². The minimum absolute atomic E-state index is 0.148. The van der Waals surface area contributed by atoms with Crippen LogP contribution in [-0.4, -0.2) is 71.7 Å². The van der Waals surface area contributed by atoms with Gasteiger partial charge in [-0.2, -0.15) is 4.98 Å². The van der Waals surface area contributed by atoms with Crippen molar-refractivity contribution in [2.75, 3.05) is 33.2 Å². The van der Waals surface area contributed by atoms with Gasteiger partial charge < -0.3 is 15.2 Å². The summed E-state index contributed by atoms with van der Waals surface area (Å²) in [5.74, 6) is 1.67. The Kier molecular flexibility index (Phi) is 7.24. The lowest BCUT2D eigenvalue weighted by atomic mass is 10.1. The van der Waals surface area contributed by atoms with E-state index in [-0.39, 0.29) is 12.6 Å². The van der Waals surface area contributed by atoms with E-state index in [9.17, 15) is 8.78 Å². The summed E-state index contributed by atoms with van der Waals surface area (Å²) in [5, 5.41) is 10.5. The molecule has 1 aliphatic heterocycles. The van der Waals surface area contributed by atoms with Gasteiger partial charge in [0.2, 0.25) is 0 Å². The number of aliphatic imine (C=N–C) groups is 1. The van der Waals surface area contributed by atoms with Gasteiger partial charge in [-0.25, -0.2) is 8.78 Å². The van der Waals surface area contributed by atoms with Crippen LogP contribution >= 0.6 is 0 Å². The van der Waals surface area contributed by atoms with E-state index in [1.165, 1.54) is 0 Å². The zero-order valence-corrected chi connectivity index (χ0v) is 15.8. The maximum Gasteiger partial charge on any atom is 0.276 e. The smallest absolute Gasteiger partial charge is 0.276 e. The highest BCUT2D eigenvalue weighted by molar-refractivity contribution is 5.79. The van der Waals surface area contributed by atoms with Gasteiger partial charge in [-0.3, -0.25) is 14.9 Å². The van der Waals surface area contributed by atoms with Crippen LogP contribution in [0.4, 0.5) is 8.78 Å². The van der Waals surface area contributed by atoms with Crippen LogP contribution in [0.5, 0.6) is 0 Å². The molecule has 1 saturated heterocycles. The number of hydrogen-bond acceptors (Lipinski definition) is 6. The highest BCUT2D eigenvalue weighted by atomic mass is 19.3. The van der Waals surface area contributed by atoms with Crippen molar-refractivity contribution in [1.82, 2.24) is 30.7 Å². The molecule has 8 nitrogen and oxygen atoms in total. The molecular formula is C18H25F2N7O. The monoisotopic (exact) mass is 393 g/mol. The minimum Gasteiger partial charge on any atom is -0.356 e. The molecule has 0 amide bonds. The standard InChI is InChI=1S/C18H25F2N7O/c1-21-18(24-13-6-10-27(11-7-13)12-15(19)20)23-9-5-16-25-17(28-26-16)14-4-2-3-8-22-14/h2-4,8,13,15H,5-7,9-12H2,1H3,(H2,21,23,24). The molecule has 2 N–H and O–H groups in total. The molecule has 152 valence electrons. The fourth-order valence-corrected chi connectivity index (χ4v) is 3.08. The molecule has 0 spiro atoms. The Morgan fingerprint density at radius 1 is 1.36 bits per heavy atom. The maximum atomic E-state index is 12.5. The lowest BCUT2D eigenvalue weighted by molar-refractivity contribution is 0.0744. The number of likely N-dealkylation sites (tertiary alicyclic amines) is 1. The van der Waals surface area contributed by atoms with E-state index in [1.54, 1.807) is 18.1 Å². The largest absolute Gasteiger partial charge is 0.356 e. The van der Waals surface area contributed by atoms with Gasteiger partial charge in [-0.05, 0) is 25.0 Å². The van der Waals surface area contributed by atoms with Crippen molar-refractivity contribution in [2.24, 2.45) is 4.99 Å². The lowest BCUT2D eigenvalue weighted by Gasteiger charge is -2.32. The lowest BCUT2D eigenvalue weighted by Crippen LogP contribution is -2.49. The minimum atomic E-state index is -2.28. The Balaban J connectivity index is 1.40. The summed E-state index contributed by atoms with van der Waals surface area (Å²) in [4.78, 5) is 14.5. The maximum absolute atomic E-state index is 12.5. The molecule has 1 fully saturated rings. The molecule has 3 heterocycles. The van der Waals surface area contributed by atoms with Gasteiger partial charge in [-0.15, -0.1) is 0 Å². The number of aromatic nitrogens is 3. The first-order valence-electron chi connectivity index (χ1n) is 9.35. The Morgan fingerprint density at radius 2 is 2.18 bits per heavy atom. The quantitative estimate of drug-likeness (QED) is 0.545. The van der Waals surface area contributed by atoms with E-state index in [0.717, 1.165) is 12.8 Å². The number of rotatable bonds is 7. The number of hydrogen-bond donors (Lipinski definition) is 2. The normalized spacial score (nSPS) is 16.5. The van der Waals surface area contributed by atoms with E-state index < -0.39 is 6.43 Å². The molecule has 0 radical (unpaired) electrons. The number of nitrogens with one attached hydrogen (secondary N) is 2. The molecular weight excluding hydrogens is 368 g/mol. The van der Waals surface area contributed by atoms with Crippen molar-refractivity contribution < 1.29 is 13.3 Å². The number of alkyl halides is 2. The average molecular weight is 393 g/mol. The SMILES string of the molecule is CN=C(NCCc1noc(-c2ccccn2)n1)NC1CCN(CC(F)F)CC1. The van der Waals surface area contributed by atoms with Crippen molar-refractivity contribution >= 4 is 5.96 Å². The first-order chi connectivity index (χ1) is 13.6. The molecule has 0 aromatic carbocycles. The van der Waals surface area contributed by atoms with E-state index in [0.29, 0.717) is 49.4 Å². The van der Waals surface area contributed by atoms with Crippen molar-refractivity contribution in [3.8, 4) is 11.6 Å². The van der Waals surface area contributed by atoms with E-state index >= 15 is 0 Å². The van der Waals surface area contributed by atoms with Crippen LogP contribution in [0.3, 0.4) is 0 Å². The Morgan fingerprint density at radius 3 is 2.86 bits per heavy atom. The van der Waals surface area contributed by atoms with Crippen LogP contribution < -0.4 is 10.6 Å². The van der Waals surface area contributed by atoms with Crippen LogP contribution in [0.2, 0.25) is 0 Å². The first-order valence-corrected chi connectivity index (χ1v) is 9.35. The molecule has 3 rings (SSSR count). The first kappa shape index (κ1) is 20.1. The molecule has 0 saturated carbocycles. The number of guanidine groups is 1. The van der Waals surface area contributed by atoms with Gasteiger partial charge in [0.15, 0.2) is 11.8 Å². The van der Waals surface area contributed by atoms with Crippen molar-refractivity contribution in [3.63, 3.8) is 0 Å². The third-order valence-corrected chi connectivity index (χ3v) is 4.54. The van der Waals surface area contributed by atoms with E-state index in [4.69, 9.17) is 4.52 Å². The molecule has 0 atom stereocenters. The number of halogens is 2. The van der Waals surface area contributed by atoms with Crippen molar-refractivity contribution in [1.29, 1.82) is 0 Å². The molecule has 0 aliphatic carbocycles. The molecule has 0 unspecified atom stereocenters. The number of pyridine rings is 1. The summed E-state index contributed by atoms with van der Waals surface area (Å²) >= 11 is 0. The third kappa shape index (κ3) is 5.95. The second-order valence-electron chi connectivity index (χ2n) is 6.59. The molecule has 0 bridgehead atoms. The molecule has 2 aromatic rings. The molecule has 1 aliphatic rings. The van der Waals surface area contributed by atoms with E-state index in [2.05, 4.69) is 30.8 Å². The van der Waals surface area contributed by atoms with Crippen molar-refractivity contribution in [3.05, 3.63) is 30.2 Å². The molecule has 2 aromatic heterocycles. The summed E-state index contributed by atoms with van der Waals surface area (Å²) in [6.07, 6.45) is 1.60. The highest BCUT2D eigenvalue weighted by Gasteiger charge is 2.22. The van der Waals surface area contributed by atoms with Crippen LogP contribution in [-0.2, 0) is 6.42 Å². The highest BCUT2D eigenvalue weighted by Crippen LogP contribution is 2.13. The van der Waals surface area contributed by atoms with Gasteiger partial charge in [-0.1, -0.05) is 11.2 Å². The number of piperidine rings is 1. The third-order valence-electron chi connectivity index (χ3n) is 4.54. The van der Waals surface area contributed by atoms with Gasteiger partial charge in [0.25, 0.3) is 12.3 Å². The van der Waals surface area contributed by atoms with Crippen LogP contribution in [0, 0.1) is 0 Å². The fourth-order valence-electron chi connectivity index (χ4n) is 3.08. The van der Waals surface area contributed by atoms with Gasteiger partial charge in [0.05, 0.1) is 6.54 Å². The second kappa shape index (κ2) is 10.1. The second-order valence-corrected chi connectivity index (χ2v) is 6.59. The predicted octanol–water partition coefficient (Wildman–Crippen LogP) is 1.57. The van der Waals surface area contributed by atoms with Crippen LogP contribution in [0.1, 0.15) is 18.7 Å².